The minimum atomic E-state index is -3.50. The standard InChI is InChI=1S/C18H28ClN3O3S2/c1-13-10-14(2)12-21(11-13)18(23)15(3)20-6-8-22(9-7-20)27(24,25)17-5-4-16(19)26-17/h4-5,13-15H,6-12H2,1-3H3/t13-,14-,15-/m1/s1. The number of carbonyl (C=O) groups is 1. The zero-order valence-corrected chi connectivity index (χ0v) is 18.5. The van der Waals surface area contributed by atoms with Crippen molar-refractivity contribution in [2.75, 3.05) is 39.3 Å². The smallest absolute Gasteiger partial charge is 0.252 e. The lowest BCUT2D eigenvalue weighted by Crippen LogP contribution is -2.56. The second-order valence-electron chi connectivity index (χ2n) is 7.86. The highest BCUT2D eigenvalue weighted by Crippen LogP contribution is 2.29. The number of thiophene rings is 1. The van der Waals surface area contributed by atoms with E-state index in [1.807, 2.05) is 11.8 Å². The lowest BCUT2D eigenvalue weighted by Gasteiger charge is -2.41. The third-order valence-corrected chi connectivity index (χ3v) is 9.10. The van der Waals surface area contributed by atoms with Gasteiger partial charge >= 0.3 is 0 Å². The molecule has 9 heteroatoms. The van der Waals surface area contributed by atoms with Crippen molar-refractivity contribution in [3.63, 3.8) is 0 Å². The largest absolute Gasteiger partial charge is 0.341 e. The van der Waals surface area contributed by atoms with Crippen molar-refractivity contribution in [1.82, 2.24) is 14.1 Å². The molecule has 2 aliphatic rings. The third kappa shape index (κ3) is 4.67. The van der Waals surface area contributed by atoms with Gasteiger partial charge in [-0.1, -0.05) is 25.4 Å². The number of piperazine rings is 1. The van der Waals surface area contributed by atoms with Gasteiger partial charge in [-0.25, -0.2) is 8.42 Å². The van der Waals surface area contributed by atoms with Crippen LogP contribution in [0.4, 0.5) is 0 Å². The molecule has 3 heterocycles. The number of piperidine rings is 1. The van der Waals surface area contributed by atoms with Gasteiger partial charge in [-0.05, 0) is 37.3 Å². The van der Waals surface area contributed by atoms with Crippen molar-refractivity contribution in [2.24, 2.45) is 11.8 Å². The van der Waals surface area contributed by atoms with E-state index in [1.165, 1.54) is 10.7 Å². The van der Waals surface area contributed by atoms with E-state index in [9.17, 15) is 13.2 Å². The maximum Gasteiger partial charge on any atom is 0.252 e. The molecule has 0 saturated carbocycles. The molecule has 2 aliphatic heterocycles. The Hall–Kier alpha value is -0.670. The number of hydrogen-bond donors (Lipinski definition) is 0. The van der Waals surface area contributed by atoms with Gasteiger partial charge in [0, 0.05) is 39.3 Å². The zero-order valence-electron chi connectivity index (χ0n) is 16.1. The number of sulfonamides is 1. The highest BCUT2D eigenvalue weighted by atomic mass is 35.5. The quantitative estimate of drug-likeness (QED) is 0.732. The molecule has 0 bridgehead atoms. The molecule has 0 radical (unpaired) electrons. The average molecular weight is 434 g/mol. The molecule has 0 N–H and O–H groups in total. The van der Waals surface area contributed by atoms with Gasteiger partial charge in [-0.3, -0.25) is 9.69 Å². The fourth-order valence-electron chi connectivity index (χ4n) is 4.16. The molecule has 1 amide bonds. The third-order valence-electron chi connectivity index (χ3n) is 5.50. The molecule has 27 heavy (non-hydrogen) atoms. The molecule has 6 nitrogen and oxygen atoms in total. The van der Waals surface area contributed by atoms with Crippen molar-refractivity contribution in [3.8, 4) is 0 Å². The number of likely N-dealkylation sites (tertiary alicyclic amines) is 1. The Bertz CT molecular complexity index is 765. The number of amides is 1. The Morgan fingerprint density at radius 3 is 2.26 bits per heavy atom. The summed E-state index contributed by atoms with van der Waals surface area (Å²) in [5.74, 6) is 1.23. The molecule has 152 valence electrons. The Labute approximate surface area is 171 Å². The first-order valence-electron chi connectivity index (χ1n) is 9.46. The van der Waals surface area contributed by atoms with Crippen LogP contribution in [0.15, 0.2) is 16.3 Å². The van der Waals surface area contributed by atoms with Crippen LogP contribution in [0, 0.1) is 11.8 Å². The lowest BCUT2D eigenvalue weighted by molar-refractivity contribution is -0.139. The van der Waals surface area contributed by atoms with Crippen molar-refractivity contribution in [1.29, 1.82) is 0 Å². The lowest BCUT2D eigenvalue weighted by atomic mass is 9.91. The van der Waals surface area contributed by atoms with Gasteiger partial charge in [0.05, 0.1) is 10.4 Å². The molecular formula is C18H28ClN3O3S2. The van der Waals surface area contributed by atoms with Crippen molar-refractivity contribution in [2.45, 2.75) is 37.4 Å². The Morgan fingerprint density at radius 2 is 1.74 bits per heavy atom. The monoisotopic (exact) mass is 433 g/mol. The van der Waals surface area contributed by atoms with Crippen LogP contribution in [0.2, 0.25) is 4.34 Å². The van der Waals surface area contributed by atoms with E-state index >= 15 is 0 Å². The fraction of sp³-hybridized carbons (Fsp3) is 0.722. The van der Waals surface area contributed by atoms with Crippen LogP contribution >= 0.6 is 22.9 Å². The number of hydrogen-bond acceptors (Lipinski definition) is 5. The van der Waals surface area contributed by atoms with E-state index in [2.05, 4.69) is 18.7 Å². The van der Waals surface area contributed by atoms with Crippen molar-refractivity contribution in [3.05, 3.63) is 16.5 Å². The van der Waals surface area contributed by atoms with E-state index in [-0.39, 0.29) is 16.2 Å². The number of rotatable bonds is 4. The summed E-state index contributed by atoms with van der Waals surface area (Å²) in [6, 6.07) is 2.94. The summed E-state index contributed by atoms with van der Waals surface area (Å²) >= 11 is 6.97. The van der Waals surface area contributed by atoms with Gasteiger partial charge in [-0.15, -0.1) is 11.3 Å². The Morgan fingerprint density at radius 1 is 1.15 bits per heavy atom. The summed E-state index contributed by atoms with van der Waals surface area (Å²) in [6.45, 7) is 9.87. The minimum absolute atomic E-state index is 0.162. The summed E-state index contributed by atoms with van der Waals surface area (Å²) in [5, 5.41) is 0. The van der Waals surface area contributed by atoms with Gasteiger partial charge in [0.25, 0.3) is 10.0 Å². The van der Waals surface area contributed by atoms with Gasteiger partial charge < -0.3 is 4.90 Å². The molecule has 0 aliphatic carbocycles. The molecule has 1 aromatic rings. The van der Waals surface area contributed by atoms with Crippen LogP contribution in [0.3, 0.4) is 0 Å². The predicted molar refractivity (Wildman–Crippen MR) is 109 cm³/mol. The summed E-state index contributed by atoms with van der Waals surface area (Å²) in [5.41, 5.74) is 0. The topological polar surface area (TPSA) is 60.9 Å². The summed E-state index contributed by atoms with van der Waals surface area (Å²) in [4.78, 5) is 17.0. The SMILES string of the molecule is C[C@@H]1C[C@@H](C)CN(C(=O)[C@@H](C)N2CCN(S(=O)(=O)c3ccc(Cl)s3)CC2)C1. The number of carbonyl (C=O) groups excluding carboxylic acids is 1. The zero-order chi connectivity index (χ0) is 19.8. The maximum absolute atomic E-state index is 12.9. The second kappa shape index (κ2) is 8.37. The van der Waals surface area contributed by atoms with E-state index in [0.29, 0.717) is 42.4 Å². The van der Waals surface area contributed by atoms with Crippen LogP contribution in [-0.2, 0) is 14.8 Å². The van der Waals surface area contributed by atoms with Gasteiger partial charge in [0.1, 0.15) is 4.21 Å². The van der Waals surface area contributed by atoms with E-state index < -0.39 is 10.0 Å². The Balaban J connectivity index is 1.59. The van der Waals surface area contributed by atoms with Gasteiger partial charge in [-0.2, -0.15) is 4.31 Å². The van der Waals surface area contributed by atoms with Crippen molar-refractivity contribution >= 4 is 38.9 Å². The molecular weight excluding hydrogens is 406 g/mol. The van der Waals surface area contributed by atoms with Gasteiger partial charge in [0.15, 0.2) is 0 Å². The highest BCUT2D eigenvalue weighted by molar-refractivity contribution is 7.91. The fourth-order valence-corrected chi connectivity index (χ4v) is 7.22. The number of nitrogens with zero attached hydrogens (tertiary/aromatic N) is 3. The minimum Gasteiger partial charge on any atom is -0.341 e. The molecule has 0 spiro atoms. The first-order chi connectivity index (χ1) is 12.7. The molecule has 3 rings (SSSR count). The molecule has 0 aromatic carbocycles. The normalized spacial score (nSPS) is 26.9. The van der Waals surface area contributed by atoms with Crippen LogP contribution in [-0.4, -0.2) is 73.7 Å². The summed E-state index contributed by atoms with van der Waals surface area (Å²) in [7, 11) is -3.50. The Kier molecular flexibility index (Phi) is 6.52. The van der Waals surface area contributed by atoms with E-state index in [1.54, 1.807) is 12.1 Å². The summed E-state index contributed by atoms with van der Waals surface area (Å²) in [6.07, 6.45) is 1.17. The van der Waals surface area contributed by atoms with Crippen LogP contribution in [0.1, 0.15) is 27.2 Å². The van der Waals surface area contributed by atoms with E-state index in [4.69, 9.17) is 11.6 Å². The van der Waals surface area contributed by atoms with Crippen LogP contribution in [0.5, 0.6) is 0 Å². The van der Waals surface area contributed by atoms with Crippen LogP contribution in [0.25, 0.3) is 0 Å². The molecule has 2 fully saturated rings. The second-order valence-corrected chi connectivity index (χ2v) is 11.7. The number of halogens is 1. The van der Waals surface area contributed by atoms with E-state index in [0.717, 1.165) is 24.4 Å². The molecule has 1 aromatic heterocycles. The highest BCUT2D eigenvalue weighted by Gasteiger charge is 2.35. The molecule has 0 unspecified atom stereocenters. The maximum atomic E-state index is 12.9. The van der Waals surface area contributed by atoms with Gasteiger partial charge in [0.2, 0.25) is 5.91 Å². The molecule has 2 saturated heterocycles. The first-order valence-corrected chi connectivity index (χ1v) is 12.1. The van der Waals surface area contributed by atoms with Crippen molar-refractivity contribution < 1.29 is 13.2 Å². The van der Waals surface area contributed by atoms with Crippen LogP contribution < -0.4 is 0 Å². The average Bonchev–Trinajstić information content (AvgIpc) is 3.07. The molecule has 3 atom stereocenters. The summed E-state index contributed by atoms with van der Waals surface area (Å²) < 4.78 is 27.7. The first kappa shape index (κ1) is 21.0. The predicted octanol–water partition coefficient (Wildman–Crippen LogP) is 2.60.